The molecule has 28 heavy (non-hydrogen) atoms. The highest BCUT2D eigenvalue weighted by atomic mass is 31.1. The van der Waals surface area contributed by atoms with Gasteiger partial charge in [0.05, 0.1) is 10.6 Å². The van der Waals surface area contributed by atoms with Crippen molar-refractivity contribution in [2.24, 2.45) is 0 Å². The number of hydrogen-bond acceptors (Lipinski definition) is 1. The lowest BCUT2D eigenvalue weighted by Crippen LogP contribution is -2.36. The number of benzene rings is 2. The second kappa shape index (κ2) is 8.24. The fourth-order valence-corrected chi connectivity index (χ4v) is 4.95. The number of halogens is 10. The van der Waals surface area contributed by atoms with Crippen molar-refractivity contribution in [2.75, 3.05) is 13.1 Å². The Morgan fingerprint density at radius 3 is 0.893 bits per heavy atom. The summed E-state index contributed by atoms with van der Waals surface area (Å²) in [6.45, 7) is 2.08. The first-order chi connectivity index (χ1) is 13.0. The summed E-state index contributed by atoms with van der Waals surface area (Å²) in [4.78, 5) is 0. The summed E-state index contributed by atoms with van der Waals surface area (Å²) in [6.07, 6.45) is 0. The average molecular weight is 437 g/mol. The summed E-state index contributed by atoms with van der Waals surface area (Å²) < 4.78 is 139. The molecular formula is C16H10F10NP. The number of rotatable bonds is 5. The van der Waals surface area contributed by atoms with Crippen molar-refractivity contribution in [3.05, 3.63) is 58.2 Å². The van der Waals surface area contributed by atoms with Gasteiger partial charge in [0.1, 0.15) is 0 Å². The minimum atomic E-state index is -3.35. The van der Waals surface area contributed by atoms with Gasteiger partial charge in [0.15, 0.2) is 46.5 Å². The molecule has 0 saturated heterocycles. The quantitative estimate of drug-likeness (QED) is 0.282. The fraction of sp³-hybridized carbons (Fsp3) is 0.250. The third-order valence-corrected chi connectivity index (χ3v) is 6.57. The summed E-state index contributed by atoms with van der Waals surface area (Å²) in [6, 6.07) is 0. The first-order valence-corrected chi connectivity index (χ1v) is 8.88. The van der Waals surface area contributed by atoms with Gasteiger partial charge in [-0.15, -0.1) is 0 Å². The van der Waals surface area contributed by atoms with Crippen LogP contribution in [-0.4, -0.2) is 17.8 Å². The topological polar surface area (TPSA) is 3.24 Å². The second-order valence-electron chi connectivity index (χ2n) is 5.29. The number of hydrogen-bond donors (Lipinski definition) is 0. The molecule has 12 heteroatoms. The van der Waals surface area contributed by atoms with Crippen LogP contribution in [0.2, 0.25) is 0 Å². The minimum absolute atomic E-state index is 0.263. The van der Waals surface area contributed by atoms with E-state index in [-0.39, 0.29) is 13.1 Å². The first-order valence-electron chi connectivity index (χ1n) is 7.58. The van der Waals surface area contributed by atoms with E-state index in [2.05, 4.69) is 0 Å². The lowest BCUT2D eigenvalue weighted by molar-refractivity contribution is 0.381. The van der Waals surface area contributed by atoms with Gasteiger partial charge in [-0.2, -0.15) is 0 Å². The standard InChI is InChI=1S/C16H10F10NP/c1-3-27(4-2)28(15-11(23)7(19)5(17)8(20)12(15)24)16-13(25)9(21)6(18)10(22)14(16)26/h3-4H2,1-2H3. The minimum Gasteiger partial charge on any atom is -0.275 e. The van der Waals surface area contributed by atoms with Crippen LogP contribution in [0.1, 0.15) is 13.8 Å². The highest BCUT2D eigenvalue weighted by molar-refractivity contribution is 7.70. The Labute approximate surface area is 153 Å². The lowest BCUT2D eigenvalue weighted by atomic mass is 10.3. The molecule has 0 radical (unpaired) electrons. The molecule has 0 aliphatic rings. The predicted molar refractivity (Wildman–Crippen MR) is 81.6 cm³/mol. The maximum Gasteiger partial charge on any atom is 0.200 e. The third-order valence-electron chi connectivity index (χ3n) is 3.81. The van der Waals surface area contributed by atoms with E-state index in [1.54, 1.807) is 0 Å². The molecule has 1 nitrogen and oxygen atoms in total. The molecule has 0 atom stereocenters. The zero-order chi connectivity index (χ0) is 21.5. The van der Waals surface area contributed by atoms with Gasteiger partial charge in [0.25, 0.3) is 0 Å². The molecule has 154 valence electrons. The maximum absolute atomic E-state index is 14.3. The van der Waals surface area contributed by atoms with Gasteiger partial charge in [-0.3, -0.25) is 4.67 Å². The smallest absolute Gasteiger partial charge is 0.200 e. The van der Waals surface area contributed by atoms with Crippen LogP contribution in [0, 0.1) is 58.2 Å². The first kappa shape index (κ1) is 22.4. The van der Waals surface area contributed by atoms with Crippen molar-refractivity contribution in [3.8, 4) is 0 Å². The summed E-state index contributed by atoms with van der Waals surface area (Å²) >= 11 is 0. The molecular weight excluding hydrogens is 427 g/mol. The van der Waals surface area contributed by atoms with Crippen LogP contribution in [0.15, 0.2) is 0 Å². The van der Waals surface area contributed by atoms with Crippen LogP contribution >= 0.6 is 8.07 Å². The molecule has 0 unspecified atom stereocenters. The average Bonchev–Trinajstić information content (AvgIpc) is 2.68. The van der Waals surface area contributed by atoms with Crippen molar-refractivity contribution < 1.29 is 43.9 Å². The largest absolute Gasteiger partial charge is 0.275 e. The molecule has 0 fully saturated rings. The van der Waals surface area contributed by atoms with E-state index in [0.29, 0.717) is 0 Å². The highest BCUT2D eigenvalue weighted by Crippen LogP contribution is 2.43. The zero-order valence-corrected chi connectivity index (χ0v) is 15.0. The van der Waals surface area contributed by atoms with Gasteiger partial charge in [-0.1, -0.05) is 13.8 Å². The molecule has 0 aliphatic heterocycles. The summed E-state index contributed by atoms with van der Waals surface area (Å²) in [7, 11) is -3.35. The molecule has 0 amide bonds. The van der Waals surface area contributed by atoms with Gasteiger partial charge in [0.2, 0.25) is 11.6 Å². The van der Waals surface area contributed by atoms with E-state index >= 15 is 0 Å². The normalized spacial score (nSPS) is 11.8. The van der Waals surface area contributed by atoms with Gasteiger partial charge in [0, 0.05) is 8.07 Å². The van der Waals surface area contributed by atoms with Crippen LogP contribution in [-0.2, 0) is 0 Å². The van der Waals surface area contributed by atoms with Crippen molar-refractivity contribution in [1.29, 1.82) is 0 Å². The molecule has 0 aromatic heterocycles. The molecule has 2 rings (SSSR count). The van der Waals surface area contributed by atoms with Crippen molar-refractivity contribution in [3.63, 3.8) is 0 Å². The zero-order valence-electron chi connectivity index (χ0n) is 14.1. The fourth-order valence-electron chi connectivity index (χ4n) is 2.46. The molecule has 0 bridgehead atoms. The monoisotopic (exact) mass is 437 g/mol. The van der Waals surface area contributed by atoms with E-state index in [0.717, 1.165) is 4.67 Å². The van der Waals surface area contributed by atoms with Crippen molar-refractivity contribution >= 4 is 18.7 Å². The van der Waals surface area contributed by atoms with Crippen LogP contribution in [0.25, 0.3) is 0 Å². The summed E-state index contributed by atoms with van der Waals surface area (Å²) in [5.41, 5.74) is 0. The van der Waals surface area contributed by atoms with E-state index in [1.807, 2.05) is 0 Å². The number of nitrogens with zero attached hydrogens (tertiary/aromatic N) is 1. The van der Waals surface area contributed by atoms with E-state index in [4.69, 9.17) is 0 Å². The van der Waals surface area contributed by atoms with Gasteiger partial charge >= 0.3 is 0 Å². The highest BCUT2D eigenvalue weighted by Gasteiger charge is 2.39. The summed E-state index contributed by atoms with van der Waals surface area (Å²) in [5.74, 6) is -24.3. The third kappa shape index (κ3) is 3.34. The van der Waals surface area contributed by atoms with Crippen molar-refractivity contribution in [1.82, 2.24) is 4.67 Å². The molecule has 0 aliphatic carbocycles. The van der Waals surface area contributed by atoms with Crippen LogP contribution in [0.5, 0.6) is 0 Å². The maximum atomic E-state index is 14.3. The van der Waals surface area contributed by atoms with Crippen molar-refractivity contribution in [2.45, 2.75) is 13.8 Å². The Morgan fingerprint density at radius 2 is 0.679 bits per heavy atom. The summed E-state index contributed by atoms with van der Waals surface area (Å²) in [5, 5.41) is -3.34. The van der Waals surface area contributed by atoms with Crippen LogP contribution in [0.3, 0.4) is 0 Å². The molecule has 0 spiro atoms. The van der Waals surface area contributed by atoms with E-state index in [1.165, 1.54) is 13.8 Å². The molecule has 2 aromatic rings. The molecule has 0 N–H and O–H groups in total. The van der Waals surface area contributed by atoms with Gasteiger partial charge < -0.3 is 0 Å². The second-order valence-corrected chi connectivity index (χ2v) is 7.37. The Hall–Kier alpha value is -1.87. The molecule has 0 heterocycles. The predicted octanol–water partition coefficient (Wildman–Crippen LogP) is 4.77. The molecule has 0 saturated carbocycles. The molecule has 2 aromatic carbocycles. The Kier molecular flexibility index (Phi) is 6.60. The van der Waals surface area contributed by atoms with Crippen LogP contribution in [0.4, 0.5) is 43.9 Å². The van der Waals surface area contributed by atoms with Gasteiger partial charge in [-0.25, -0.2) is 43.9 Å². The Balaban J connectivity index is 3.01. The van der Waals surface area contributed by atoms with Gasteiger partial charge in [-0.05, 0) is 13.1 Å². The SMILES string of the molecule is CCN(CC)P(c1c(F)c(F)c(F)c(F)c1F)c1c(F)c(F)c(F)c(F)c1F. The van der Waals surface area contributed by atoms with E-state index in [9.17, 15) is 43.9 Å². The lowest BCUT2D eigenvalue weighted by Gasteiger charge is -2.31. The van der Waals surface area contributed by atoms with Crippen LogP contribution < -0.4 is 10.6 Å². The Bertz CT molecular complexity index is 801. The van der Waals surface area contributed by atoms with E-state index < -0.39 is 76.9 Å². The Morgan fingerprint density at radius 1 is 0.464 bits per heavy atom.